The third-order valence-electron chi connectivity index (χ3n) is 2.20. The smallest absolute Gasteiger partial charge is 0.361 e. The van der Waals surface area contributed by atoms with Crippen LogP contribution in [-0.4, -0.2) is 39.2 Å². The molecule has 0 spiro atoms. The van der Waals surface area contributed by atoms with Crippen molar-refractivity contribution in [3.05, 3.63) is 0 Å². The van der Waals surface area contributed by atoms with E-state index in [1.807, 2.05) is 0 Å². The fourth-order valence-electron chi connectivity index (χ4n) is 1.33. The lowest BCUT2D eigenvalue weighted by Gasteiger charge is -2.23. The van der Waals surface area contributed by atoms with Crippen LogP contribution >= 0.6 is 0 Å². The summed E-state index contributed by atoms with van der Waals surface area (Å²) in [5.41, 5.74) is 0. The quantitative estimate of drug-likeness (QED) is 0.548. The molecule has 0 saturated carbocycles. The molecule has 0 aliphatic heterocycles. The van der Waals surface area contributed by atoms with Gasteiger partial charge >= 0.3 is 12.4 Å². The van der Waals surface area contributed by atoms with E-state index in [2.05, 4.69) is 4.74 Å². The molecule has 0 saturated heterocycles. The van der Waals surface area contributed by atoms with Crippen molar-refractivity contribution in [2.24, 2.45) is 5.14 Å². The maximum Gasteiger partial charge on any atom is 0.423 e. The third-order valence-corrected chi connectivity index (χ3v) is 3.06. The van der Waals surface area contributed by atoms with Crippen LogP contribution in [0.15, 0.2) is 0 Å². The van der Waals surface area contributed by atoms with E-state index in [0.29, 0.717) is 6.42 Å². The molecule has 2 N–H and O–H groups in total. The minimum atomic E-state index is -5.51. The highest BCUT2D eigenvalue weighted by Crippen LogP contribution is 2.35. The number of sulfonamides is 1. The van der Waals surface area contributed by atoms with E-state index >= 15 is 0 Å². The number of alkyl halides is 6. The highest BCUT2D eigenvalue weighted by atomic mass is 32.2. The van der Waals surface area contributed by atoms with E-state index in [1.165, 1.54) is 0 Å². The summed E-state index contributed by atoms with van der Waals surface area (Å²) in [5.74, 6) is -0.276. The first-order valence-corrected chi connectivity index (χ1v) is 7.31. The Balaban J connectivity index is 3.93. The number of unbranched alkanes of at least 4 members (excludes halogenated alkanes) is 3. The molecule has 0 unspecified atom stereocenters. The Morgan fingerprint density at radius 3 is 1.75 bits per heavy atom. The van der Waals surface area contributed by atoms with Crippen molar-refractivity contribution in [3.63, 3.8) is 0 Å². The van der Waals surface area contributed by atoms with Crippen LogP contribution in [0.25, 0.3) is 0 Å². The molecule has 0 amide bonds. The third kappa shape index (κ3) is 9.37. The summed E-state index contributed by atoms with van der Waals surface area (Å²) in [6, 6.07) is 0. The molecular weight excluding hydrogens is 316 g/mol. The Morgan fingerprint density at radius 2 is 1.35 bits per heavy atom. The van der Waals surface area contributed by atoms with Crippen molar-refractivity contribution >= 4 is 10.0 Å². The van der Waals surface area contributed by atoms with Gasteiger partial charge in [-0.15, -0.1) is 0 Å². The molecule has 0 aliphatic carbocycles. The van der Waals surface area contributed by atoms with Crippen LogP contribution in [-0.2, 0) is 14.8 Å². The van der Waals surface area contributed by atoms with Crippen LogP contribution in [0.2, 0.25) is 0 Å². The van der Waals surface area contributed by atoms with Crippen LogP contribution in [0.4, 0.5) is 26.3 Å². The molecule has 0 fully saturated rings. The SMILES string of the molecule is NS(=O)(=O)CCCCCCOC(C(F)(F)F)C(F)(F)F. The minimum Gasteiger partial charge on any atom is -0.361 e. The van der Waals surface area contributed by atoms with E-state index in [0.717, 1.165) is 0 Å². The molecule has 0 aromatic rings. The first-order chi connectivity index (χ1) is 8.84. The summed E-state index contributed by atoms with van der Waals surface area (Å²) in [6.07, 6.45) is -14.1. The maximum atomic E-state index is 12.1. The van der Waals surface area contributed by atoms with Gasteiger partial charge in [0.1, 0.15) is 0 Å². The summed E-state index contributed by atoms with van der Waals surface area (Å²) in [7, 11) is -3.60. The Labute approximate surface area is 112 Å². The molecule has 20 heavy (non-hydrogen) atoms. The standard InChI is InChI=1S/C9H15F6NO3S/c10-8(11,12)7(9(13,14)15)19-5-3-1-2-4-6-20(16,17)18/h7H,1-6H2,(H2,16,17,18). The summed E-state index contributed by atoms with van der Waals surface area (Å²) in [6.45, 7) is -0.709. The average molecular weight is 331 g/mol. The first-order valence-electron chi connectivity index (χ1n) is 5.59. The van der Waals surface area contributed by atoms with Gasteiger partial charge in [0.15, 0.2) is 0 Å². The molecule has 0 bridgehead atoms. The van der Waals surface area contributed by atoms with Crippen LogP contribution in [0.5, 0.6) is 0 Å². The van der Waals surface area contributed by atoms with Gasteiger partial charge in [-0.3, -0.25) is 0 Å². The summed E-state index contributed by atoms with van der Waals surface area (Å²) in [4.78, 5) is 0. The Bertz CT molecular complexity index is 364. The molecule has 0 aliphatic rings. The second-order valence-corrected chi connectivity index (χ2v) is 5.85. The molecule has 0 aromatic carbocycles. The minimum absolute atomic E-state index is 0.0344. The van der Waals surface area contributed by atoms with E-state index < -0.39 is 35.1 Å². The summed E-state index contributed by atoms with van der Waals surface area (Å²) < 4.78 is 97.2. The molecular formula is C9H15F6NO3S. The fourth-order valence-corrected chi connectivity index (χ4v) is 1.94. The van der Waals surface area contributed by atoms with Crippen LogP contribution in [0.1, 0.15) is 25.7 Å². The van der Waals surface area contributed by atoms with Crippen LogP contribution in [0, 0.1) is 0 Å². The van der Waals surface area contributed by atoms with Gasteiger partial charge in [-0.2, -0.15) is 26.3 Å². The lowest BCUT2D eigenvalue weighted by molar-refractivity contribution is -0.321. The lowest BCUT2D eigenvalue weighted by atomic mass is 10.2. The Hall–Kier alpha value is -0.550. The largest absolute Gasteiger partial charge is 0.423 e. The van der Waals surface area contributed by atoms with E-state index in [4.69, 9.17) is 5.14 Å². The zero-order valence-electron chi connectivity index (χ0n) is 10.3. The van der Waals surface area contributed by atoms with Crippen LogP contribution < -0.4 is 5.14 Å². The van der Waals surface area contributed by atoms with E-state index in [9.17, 15) is 34.8 Å². The molecule has 0 aromatic heterocycles. The number of primary sulfonamides is 1. The highest BCUT2D eigenvalue weighted by Gasteiger charge is 2.57. The van der Waals surface area contributed by atoms with Gasteiger partial charge in [-0.1, -0.05) is 12.8 Å². The summed E-state index contributed by atoms with van der Waals surface area (Å²) >= 11 is 0. The first kappa shape index (κ1) is 19.4. The van der Waals surface area contributed by atoms with Gasteiger partial charge in [0.05, 0.1) is 5.75 Å². The van der Waals surface area contributed by atoms with Gasteiger partial charge in [-0.25, -0.2) is 13.6 Å². The lowest BCUT2D eigenvalue weighted by Crippen LogP contribution is -2.44. The highest BCUT2D eigenvalue weighted by molar-refractivity contribution is 7.89. The molecule has 11 heteroatoms. The number of halogens is 6. The molecule has 0 rings (SSSR count). The molecule has 0 heterocycles. The Morgan fingerprint density at radius 1 is 0.900 bits per heavy atom. The second-order valence-electron chi connectivity index (χ2n) is 4.12. The number of nitrogens with two attached hydrogens (primary N) is 1. The van der Waals surface area contributed by atoms with Crippen molar-refractivity contribution in [2.45, 2.75) is 44.1 Å². The zero-order chi connectivity index (χ0) is 16.0. The van der Waals surface area contributed by atoms with Crippen molar-refractivity contribution in [3.8, 4) is 0 Å². The van der Waals surface area contributed by atoms with Gasteiger partial charge in [-0.05, 0) is 12.8 Å². The topological polar surface area (TPSA) is 69.4 Å². The molecule has 122 valence electrons. The van der Waals surface area contributed by atoms with Crippen molar-refractivity contribution in [1.82, 2.24) is 0 Å². The van der Waals surface area contributed by atoms with Gasteiger partial charge in [0.25, 0.3) is 0 Å². The van der Waals surface area contributed by atoms with Crippen LogP contribution in [0.3, 0.4) is 0 Å². The van der Waals surface area contributed by atoms with Gasteiger partial charge < -0.3 is 4.74 Å². The maximum absolute atomic E-state index is 12.1. The fraction of sp³-hybridized carbons (Fsp3) is 1.00. The predicted molar refractivity (Wildman–Crippen MR) is 58.3 cm³/mol. The van der Waals surface area contributed by atoms with E-state index in [1.54, 1.807) is 0 Å². The summed E-state index contributed by atoms with van der Waals surface area (Å²) in [5, 5.41) is 4.71. The number of hydrogen-bond donors (Lipinski definition) is 1. The zero-order valence-corrected chi connectivity index (χ0v) is 11.1. The van der Waals surface area contributed by atoms with Crippen molar-refractivity contribution in [2.75, 3.05) is 12.4 Å². The predicted octanol–water partition coefficient (Wildman–Crippen LogP) is 2.35. The number of ether oxygens (including phenoxy) is 1. The van der Waals surface area contributed by atoms with Gasteiger partial charge in [0.2, 0.25) is 16.1 Å². The number of rotatable bonds is 8. The molecule has 4 nitrogen and oxygen atoms in total. The second kappa shape index (κ2) is 7.46. The van der Waals surface area contributed by atoms with Crippen molar-refractivity contribution < 1.29 is 39.5 Å². The van der Waals surface area contributed by atoms with E-state index in [-0.39, 0.29) is 25.0 Å². The normalized spacial score (nSPS) is 14.0. The molecule has 0 atom stereocenters. The Kier molecular flexibility index (Phi) is 7.25. The number of hydrogen-bond acceptors (Lipinski definition) is 3. The van der Waals surface area contributed by atoms with Gasteiger partial charge in [0, 0.05) is 6.61 Å². The molecule has 0 radical (unpaired) electrons. The average Bonchev–Trinajstić information content (AvgIpc) is 2.16. The van der Waals surface area contributed by atoms with Crippen molar-refractivity contribution in [1.29, 1.82) is 0 Å². The monoisotopic (exact) mass is 331 g/mol.